The summed E-state index contributed by atoms with van der Waals surface area (Å²) in [7, 11) is 0. The SMILES string of the molecule is CCCC1=C(C)C(C)=CC2(C)OC12C. The summed E-state index contributed by atoms with van der Waals surface area (Å²) in [5.41, 5.74) is 4.35. The third kappa shape index (κ3) is 1.05. The number of allylic oxidation sites excluding steroid dienone is 2. The molecule has 0 aromatic heterocycles. The molecule has 14 heavy (non-hydrogen) atoms. The van der Waals surface area contributed by atoms with Crippen LogP contribution in [0.1, 0.15) is 47.5 Å². The number of ether oxygens (including phenoxy) is 1. The van der Waals surface area contributed by atoms with Crippen molar-refractivity contribution in [3.05, 3.63) is 22.8 Å². The molecule has 2 atom stereocenters. The molecule has 1 fully saturated rings. The smallest absolute Gasteiger partial charge is 0.120 e. The van der Waals surface area contributed by atoms with E-state index < -0.39 is 0 Å². The number of hydrogen-bond acceptors (Lipinski definition) is 1. The van der Waals surface area contributed by atoms with E-state index in [4.69, 9.17) is 4.74 Å². The molecule has 1 nitrogen and oxygen atoms in total. The molecule has 1 heteroatoms. The quantitative estimate of drug-likeness (QED) is 0.609. The molecule has 2 aliphatic rings. The topological polar surface area (TPSA) is 12.5 Å². The highest BCUT2D eigenvalue weighted by Gasteiger charge is 2.65. The third-order valence-corrected chi connectivity index (χ3v) is 3.93. The van der Waals surface area contributed by atoms with Crippen molar-refractivity contribution in [3.63, 3.8) is 0 Å². The maximum absolute atomic E-state index is 5.92. The van der Waals surface area contributed by atoms with E-state index in [9.17, 15) is 0 Å². The summed E-state index contributed by atoms with van der Waals surface area (Å²) < 4.78 is 5.92. The van der Waals surface area contributed by atoms with Crippen molar-refractivity contribution in [2.45, 2.75) is 58.7 Å². The molecule has 0 saturated carbocycles. The second-order valence-electron chi connectivity index (χ2n) is 4.92. The fourth-order valence-corrected chi connectivity index (χ4v) is 2.72. The van der Waals surface area contributed by atoms with Crippen molar-refractivity contribution in [1.29, 1.82) is 0 Å². The lowest BCUT2D eigenvalue weighted by molar-refractivity contribution is 0.314. The molecule has 0 aromatic rings. The Kier molecular flexibility index (Phi) is 1.94. The predicted molar refractivity (Wildman–Crippen MR) is 59.3 cm³/mol. The van der Waals surface area contributed by atoms with E-state index in [2.05, 4.69) is 40.7 Å². The Labute approximate surface area is 86.8 Å². The van der Waals surface area contributed by atoms with Gasteiger partial charge in [0.1, 0.15) is 11.2 Å². The van der Waals surface area contributed by atoms with Crippen LogP contribution in [0.5, 0.6) is 0 Å². The Morgan fingerprint density at radius 3 is 2.50 bits per heavy atom. The Morgan fingerprint density at radius 1 is 1.29 bits per heavy atom. The molecule has 0 radical (unpaired) electrons. The highest BCUT2D eigenvalue weighted by molar-refractivity contribution is 5.51. The van der Waals surface area contributed by atoms with E-state index in [0.29, 0.717) is 0 Å². The van der Waals surface area contributed by atoms with Crippen molar-refractivity contribution in [1.82, 2.24) is 0 Å². The van der Waals surface area contributed by atoms with Gasteiger partial charge in [0, 0.05) is 0 Å². The molecule has 0 spiro atoms. The van der Waals surface area contributed by atoms with Crippen LogP contribution >= 0.6 is 0 Å². The highest BCUT2D eigenvalue weighted by Crippen LogP contribution is 2.58. The average Bonchev–Trinajstić information content (AvgIpc) is 2.63. The van der Waals surface area contributed by atoms with Crippen LogP contribution in [0.3, 0.4) is 0 Å². The van der Waals surface area contributed by atoms with Gasteiger partial charge in [-0.2, -0.15) is 0 Å². The second-order valence-corrected chi connectivity index (χ2v) is 4.92. The lowest BCUT2D eigenvalue weighted by Crippen LogP contribution is -2.25. The standard InChI is InChI=1S/C13H20O/c1-6-7-11-10(3)9(2)8-12(4)13(11,5)14-12/h8H,6-7H2,1-5H3. The number of rotatable bonds is 2. The Bertz CT molecular complexity index is 337. The Balaban J connectivity index is 2.43. The number of hydrogen-bond donors (Lipinski definition) is 0. The van der Waals surface area contributed by atoms with E-state index in [0.717, 1.165) is 0 Å². The summed E-state index contributed by atoms with van der Waals surface area (Å²) in [6.07, 6.45) is 4.65. The molecule has 0 aromatic carbocycles. The third-order valence-electron chi connectivity index (χ3n) is 3.93. The second kappa shape index (κ2) is 2.73. The summed E-state index contributed by atoms with van der Waals surface area (Å²) in [4.78, 5) is 0. The fraction of sp³-hybridized carbons (Fsp3) is 0.692. The zero-order valence-corrected chi connectivity index (χ0v) is 9.90. The molecule has 2 rings (SSSR count). The first-order valence-electron chi connectivity index (χ1n) is 5.55. The molecule has 2 unspecified atom stereocenters. The van der Waals surface area contributed by atoms with Gasteiger partial charge in [0.05, 0.1) is 0 Å². The molecule has 1 heterocycles. The van der Waals surface area contributed by atoms with Crippen molar-refractivity contribution in [3.8, 4) is 0 Å². The van der Waals surface area contributed by atoms with Crippen LogP contribution in [-0.2, 0) is 4.74 Å². The molecule has 1 saturated heterocycles. The van der Waals surface area contributed by atoms with Gasteiger partial charge < -0.3 is 4.74 Å². The minimum absolute atomic E-state index is 0.00655. The van der Waals surface area contributed by atoms with Crippen molar-refractivity contribution in [2.75, 3.05) is 0 Å². The first-order chi connectivity index (χ1) is 6.44. The zero-order valence-electron chi connectivity index (χ0n) is 9.90. The lowest BCUT2D eigenvalue weighted by Gasteiger charge is -2.23. The first kappa shape index (κ1) is 9.97. The molecular formula is C13H20O. The Hall–Kier alpha value is -0.560. The van der Waals surface area contributed by atoms with Gasteiger partial charge in [-0.1, -0.05) is 13.3 Å². The van der Waals surface area contributed by atoms with E-state index in [1.807, 2.05) is 0 Å². The number of epoxide rings is 1. The maximum Gasteiger partial charge on any atom is 0.120 e. The van der Waals surface area contributed by atoms with Gasteiger partial charge in [-0.25, -0.2) is 0 Å². The Morgan fingerprint density at radius 2 is 1.93 bits per heavy atom. The van der Waals surface area contributed by atoms with E-state index >= 15 is 0 Å². The van der Waals surface area contributed by atoms with Gasteiger partial charge in [0.2, 0.25) is 0 Å². The van der Waals surface area contributed by atoms with Gasteiger partial charge >= 0.3 is 0 Å². The van der Waals surface area contributed by atoms with Gasteiger partial charge in [-0.15, -0.1) is 0 Å². The first-order valence-corrected chi connectivity index (χ1v) is 5.55. The van der Waals surface area contributed by atoms with Crippen LogP contribution in [0.25, 0.3) is 0 Å². The summed E-state index contributed by atoms with van der Waals surface area (Å²) in [5, 5.41) is 0. The van der Waals surface area contributed by atoms with Gasteiger partial charge in [-0.05, 0) is 56.9 Å². The molecule has 1 aliphatic carbocycles. The lowest BCUT2D eigenvalue weighted by atomic mass is 9.77. The van der Waals surface area contributed by atoms with Crippen molar-refractivity contribution >= 4 is 0 Å². The minimum atomic E-state index is -0.0128. The summed E-state index contributed by atoms with van der Waals surface area (Å²) in [6, 6.07) is 0. The van der Waals surface area contributed by atoms with Crippen LogP contribution in [0.2, 0.25) is 0 Å². The average molecular weight is 192 g/mol. The molecule has 0 N–H and O–H groups in total. The van der Waals surface area contributed by atoms with Gasteiger partial charge in [0.15, 0.2) is 0 Å². The summed E-state index contributed by atoms with van der Waals surface area (Å²) in [5.74, 6) is 0. The van der Waals surface area contributed by atoms with Crippen LogP contribution in [0.4, 0.5) is 0 Å². The molecule has 0 amide bonds. The van der Waals surface area contributed by atoms with Crippen LogP contribution < -0.4 is 0 Å². The summed E-state index contributed by atoms with van der Waals surface area (Å²) >= 11 is 0. The molecule has 1 aliphatic heterocycles. The maximum atomic E-state index is 5.92. The highest BCUT2D eigenvalue weighted by atomic mass is 16.6. The normalized spacial score (nSPS) is 40.8. The van der Waals surface area contributed by atoms with Crippen LogP contribution in [0.15, 0.2) is 22.8 Å². The predicted octanol–water partition coefficient (Wildman–Crippen LogP) is 3.61. The van der Waals surface area contributed by atoms with Gasteiger partial charge in [-0.3, -0.25) is 0 Å². The molecule has 78 valence electrons. The van der Waals surface area contributed by atoms with Crippen LogP contribution in [0, 0.1) is 0 Å². The monoisotopic (exact) mass is 192 g/mol. The van der Waals surface area contributed by atoms with Crippen LogP contribution in [-0.4, -0.2) is 11.2 Å². The zero-order chi connectivity index (χ0) is 10.6. The fourth-order valence-electron chi connectivity index (χ4n) is 2.72. The van der Waals surface area contributed by atoms with E-state index in [-0.39, 0.29) is 11.2 Å². The largest absolute Gasteiger partial charge is 0.354 e. The number of fused-ring (bicyclic) bond motifs is 1. The molecule has 0 bridgehead atoms. The molecular weight excluding hydrogens is 172 g/mol. The minimum Gasteiger partial charge on any atom is -0.354 e. The van der Waals surface area contributed by atoms with Crippen molar-refractivity contribution < 1.29 is 4.74 Å². The van der Waals surface area contributed by atoms with Gasteiger partial charge in [0.25, 0.3) is 0 Å². The van der Waals surface area contributed by atoms with Crippen molar-refractivity contribution in [2.24, 2.45) is 0 Å². The summed E-state index contributed by atoms with van der Waals surface area (Å²) in [6.45, 7) is 11.1. The van der Waals surface area contributed by atoms with E-state index in [1.165, 1.54) is 29.6 Å². The van der Waals surface area contributed by atoms with E-state index in [1.54, 1.807) is 0 Å².